The van der Waals surface area contributed by atoms with E-state index in [0.717, 1.165) is 12.8 Å². The summed E-state index contributed by atoms with van der Waals surface area (Å²) in [4.78, 5) is 23.5. The number of halogens is 2. The molecule has 0 bridgehead atoms. The predicted octanol–water partition coefficient (Wildman–Crippen LogP) is 1.95. The van der Waals surface area contributed by atoms with Gasteiger partial charge in [0.1, 0.15) is 11.5 Å². The molecule has 1 aliphatic carbocycles. The summed E-state index contributed by atoms with van der Waals surface area (Å²) in [7, 11) is -3.91. The summed E-state index contributed by atoms with van der Waals surface area (Å²) in [6.45, 7) is 7.88. The monoisotopic (exact) mass is 496 g/mol. The van der Waals surface area contributed by atoms with Crippen LogP contribution in [0.2, 0.25) is 0 Å². The number of carbonyl (C=O) groups excluding carboxylic acids is 1. The van der Waals surface area contributed by atoms with Gasteiger partial charge in [-0.15, -0.1) is 0 Å². The van der Waals surface area contributed by atoms with Crippen LogP contribution in [0, 0.1) is 6.92 Å². The maximum Gasteiger partial charge on any atom is 0.270 e. The number of nitrogens with zero attached hydrogens (tertiary/aromatic N) is 3. The topological polar surface area (TPSA) is 116 Å². The third kappa shape index (κ3) is 5.28. The number of alkyl halides is 2. The fourth-order valence-electron chi connectivity index (χ4n) is 4.32. The zero-order chi connectivity index (χ0) is 24.8. The molecule has 9 nitrogen and oxygen atoms in total. The Morgan fingerprint density at radius 2 is 1.88 bits per heavy atom. The van der Waals surface area contributed by atoms with Crippen LogP contribution in [0.1, 0.15) is 49.9 Å². The van der Waals surface area contributed by atoms with Gasteiger partial charge in [-0.05, 0) is 52.7 Å². The molecule has 0 unspecified atom stereocenters. The number of nitrogens with one attached hydrogen (secondary N) is 3. The summed E-state index contributed by atoms with van der Waals surface area (Å²) in [5.74, 6) is -0.521. The minimum atomic E-state index is -3.91. The number of amides is 1. The van der Waals surface area contributed by atoms with E-state index in [2.05, 4.69) is 25.3 Å². The molecule has 34 heavy (non-hydrogen) atoms. The fraction of sp³-hybridized carbons (Fsp3) is 0.591. The van der Waals surface area contributed by atoms with Gasteiger partial charge in [0, 0.05) is 36.1 Å². The molecule has 1 aromatic carbocycles. The summed E-state index contributed by atoms with van der Waals surface area (Å²) in [5, 5.41) is 5.81. The van der Waals surface area contributed by atoms with Gasteiger partial charge in [-0.2, -0.15) is 0 Å². The Morgan fingerprint density at radius 3 is 2.47 bits per heavy atom. The Hall–Kier alpha value is -2.44. The number of piperazine rings is 1. The molecule has 1 saturated heterocycles. The van der Waals surface area contributed by atoms with Crippen molar-refractivity contribution < 1.29 is 22.0 Å². The number of anilines is 1. The average molecular weight is 497 g/mol. The van der Waals surface area contributed by atoms with Crippen molar-refractivity contribution in [2.24, 2.45) is 0 Å². The molecule has 2 atom stereocenters. The van der Waals surface area contributed by atoms with Crippen molar-refractivity contribution in [1.82, 2.24) is 25.3 Å². The fourth-order valence-corrected chi connectivity index (χ4v) is 5.83. The lowest BCUT2D eigenvalue weighted by Crippen LogP contribution is -2.54. The van der Waals surface area contributed by atoms with Crippen molar-refractivity contribution >= 4 is 32.5 Å². The van der Waals surface area contributed by atoms with Gasteiger partial charge in [0.05, 0.1) is 22.6 Å². The second kappa shape index (κ2) is 8.97. The standard InChI is InChI=1S/C22H30F2N6O3S/c1-12-10-30(11-13(2)26-12)17-8-15(34(32,33)29-22(4)5-6-22)7-16-19(17)27-14(3)28-20(16)21(31)25-9-18(23)24/h7-8,12-13,18,26,29H,5-6,9-11H2,1-4H3,(H,25,31)/t12-,13-/m0/s1. The molecule has 3 N–H and O–H groups in total. The van der Waals surface area contributed by atoms with E-state index in [1.807, 2.05) is 25.7 Å². The summed E-state index contributed by atoms with van der Waals surface area (Å²) in [6, 6.07) is 3.21. The van der Waals surface area contributed by atoms with Crippen molar-refractivity contribution in [2.75, 3.05) is 24.5 Å². The molecule has 186 valence electrons. The molecule has 0 radical (unpaired) electrons. The van der Waals surface area contributed by atoms with E-state index in [9.17, 15) is 22.0 Å². The number of aryl methyl sites for hydroxylation is 1. The number of rotatable bonds is 7. The molecule has 2 aromatic rings. The Morgan fingerprint density at radius 1 is 1.24 bits per heavy atom. The molecule has 12 heteroatoms. The van der Waals surface area contributed by atoms with Crippen molar-refractivity contribution in [3.05, 3.63) is 23.7 Å². The van der Waals surface area contributed by atoms with Crippen molar-refractivity contribution in [3.8, 4) is 0 Å². The molecule has 1 aromatic heterocycles. The van der Waals surface area contributed by atoms with E-state index in [-0.39, 0.29) is 33.9 Å². The largest absolute Gasteiger partial charge is 0.367 e. The zero-order valence-corrected chi connectivity index (χ0v) is 20.5. The first-order valence-electron chi connectivity index (χ1n) is 11.3. The molecular formula is C22H30F2N6O3S. The van der Waals surface area contributed by atoms with Gasteiger partial charge >= 0.3 is 0 Å². The molecule has 2 heterocycles. The molecule has 0 spiro atoms. The maximum absolute atomic E-state index is 13.3. The van der Waals surface area contributed by atoms with E-state index in [1.165, 1.54) is 6.07 Å². The molecular weight excluding hydrogens is 466 g/mol. The van der Waals surface area contributed by atoms with Crippen LogP contribution in [-0.2, 0) is 10.0 Å². The molecule has 2 fully saturated rings. The number of hydrogen-bond donors (Lipinski definition) is 3. The zero-order valence-electron chi connectivity index (χ0n) is 19.7. The SMILES string of the molecule is Cc1nc(C(=O)NCC(F)F)c2cc(S(=O)(=O)NC3(C)CC3)cc(N3C[C@H](C)N[C@@H](C)C3)c2n1. The smallest absolute Gasteiger partial charge is 0.270 e. The van der Waals surface area contributed by atoms with Gasteiger partial charge in [-0.1, -0.05) is 0 Å². The average Bonchev–Trinajstić information content (AvgIpc) is 3.45. The summed E-state index contributed by atoms with van der Waals surface area (Å²) >= 11 is 0. The third-order valence-corrected chi connectivity index (χ3v) is 7.70. The van der Waals surface area contributed by atoms with E-state index >= 15 is 0 Å². The van der Waals surface area contributed by atoms with E-state index < -0.39 is 34.4 Å². The first-order chi connectivity index (χ1) is 15.9. The highest BCUT2D eigenvalue weighted by atomic mass is 32.2. The Balaban J connectivity index is 1.90. The van der Waals surface area contributed by atoms with E-state index in [0.29, 0.717) is 24.3 Å². The lowest BCUT2D eigenvalue weighted by Gasteiger charge is -2.38. The second-order valence-electron chi connectivity index (χ2n) is 9.60. The van der Waals surface area contributed by atoms with Crippen LogP contribution in [0.4, 0.5) is 14.5 Å². The van der Waals surface area contributed by atoms with Crippen LogP contribution >= 0.6 is 0 Å². The number of fused-ring (bicyclic) bond motifs is 1. The normalized spacial score (nSPS) is 22.3. The minimum absolute atomic E-state index is 0.0164. The number of aromatic nitrogens is 2. The van der Waals surface area contributed by atoms with Gasteiger partial charge in [0.25, 0.3) is 12.3 Å². The highest BCUT2D eigenvalue weighted by Crippen LogP contribution is 2.37. The summed E-state index contributed by atoms with van der Waals surface area (Å²) in [5.41, 5.74) is 0.350. The van der Waals surface area contributed by atoms with Gasteiger partial charge in [0.2, 0.25) is 10.0 Å². The number of hydrogen-bond acceptors (Lipinski definition) is 7. The summed E-state index contributed by atoms with van der Waals surface area (Å²) in [6.07, 6.45) is -1.25. The van der Waals surface area contributed by atoms with Gasteiger partial charge in [-0.3, -0.25) is 4.79 Å². The van der Waals surface area contributed by atoms with Crippen LogP contribution in [0.15, 0.2) is 17.0 Å². The van der Waals surface area contributed by atoms with Gasteiger partial charge in [0.15, 0.2) is 0 Å². The van der Waals surface area contributed by atoms with Crippen molar-refractivity contribution in [3.63, 3.8) is 0 Å². The van der Waals surface area contributed by atoms with Crippen LogP contribution in [-0.4, -0.2) is 68.0 Å². The van der Waals surface area contributed by atoms with Crippen LogP contribution in [0.25, 0.3) is 10.9 Å². The first-order valence-corrected chi connectivity index (χ1v) is 12.8. The van der Waals surface area contributed by atoms with Crippen molar-refractivity contribution in [2.45, 2.75) is 69.5 Å². The summed E-state index contributed by atoms with van der Waals surface area (Å²) < 4.78 is 54.7. The molecule has 4 rings (SSSR count). The quantitative estimate of drug-likeness (QED) is 0.537. The van der Waals surface area contributed by atoms with Crippen molar-refractivity contribution in [1.29, 1.82) is 0 Å². The third-order valence-electron chi connectivity index (χ3n) is 6.09. The predicted molar refractivity (Wildman–Crippen MR) is 125 cm³/mol. The van der Waals surface area contributed by atoms with Crippen LogP contribution in [0.5, 0.6) is 0 Å². The Kier molecular flexibility index (Phi) is 6.51. The molecule has 1 aliphatic heterocycles. The van der Waals surface area contributed by atoms with Crippen LogP contribution < -0.4 is 20.3 Å². The lowest BCUT2D eigenvalue weighted by molar-refractivity contribution is 0.0888. The van der Waals surface area contributed by atoms with E-state index in [4.69, 9.17) is 0 Å². The number of sulfonamides is 1. The second-order valence-corrected chi connectivity index (χ2v) is 11.3. The molecule has 2 aliphatic rings. The molecule has 1 amide bonds. The Bertz CT molecular complexity index is 1210. The van der Waals surface area contributed by atoms with E-state index in [1.54, 1.807) is 13.0 Å². The number of benzene rings is 1. The maximum atomic E-state index is 13.3. The highest BCUT2D eigenvalue weighted by molar-refractivity contribution is 7.89. The lowest BCUT2D eigenvalue weighted by atomic mass is 10.1. The van der Waals surface area contributed by atoms with Gasteiger partial charge in [-0.25, -0.2) is 31.9 Å². The first kappa shape index (κ1) is 24.7. The van der Waals surface area contributed by atoms with Crippen LogP contribution in [0.3, 0.4) is 0 Å². The molecule has 1 saturated carbocycles. The van der Waals surface area contributed by atoms with Gasteiger partial charge < -0.3 is 15.5 Å². The highest BCUT2D eigenvalue weighted by Gasteiger charge is 2.41. The minimum Gasteiger partial charge on any atom is -0.367 e. The Labute approximate surface area is 197 Å². The number of carbonyl (C=O) groups is 1.